The Bertz CT molecular complexity index is 534. The Morgan fingerprint density at radius 1 is 1.37 bits per heavy atom. The number of hydrogen-bond acceptors (Lipinski definition) is 5. The molecular weight excluding hydrogens is 262 g/mol. The lowest BCUT2D eigenvalue weighted by molar-refractivity contribution is -0.139. The monoisotopic (exact) mass is 277 g/mol. The van der Waals surface area contributed by atoms with Gasteiger partial charge in [0, 0.05) is 5.69 Å². The zero-order valence-corrected chi connectivity index (χ0v) is 11.7. The fraction of sp³-hybridized carbons (Fsp3) is 0.286. The lowest BCUT2D eigenvalue weighted by Gasteiger charge is -2.08. The average molecular weight is 277 g/mol. The van der Waals surface area contributed by atoms with Gasteiger partial charge in [-0.3, -0.25) is 4.79 Å². The van der Waals surface area contributed by atoms with Crippen LogP contribution in [0.15, 0.2) is 34.9 Å². The van der Waals surface area contributed by atoms with Gasteiger partial charge in [0.1, 0.15) is 5.57 Å². The van der Waals surface area contributed by atoms with Crippen LogP contribution >= 0.6 is 11.8 Å². The smallest absolute Gasteiger partial charge is 0.344 e. The van der Waals surface area contributed by atoms with Crippen LogP contribution in [0.4, 0.5) is 5.69 Å². The molecule has 0 saturated heterocycles. The summed E-state index contributed by atoms with van der Waals surface area (Å²) < 4.78 is 4.91. The van der Waals surface area contributed by atoms with E-state index in [1.807, 2.05) is 31.2 Å². The minimum absolute atomic E-state index is 0.132. The third-order valence-electron chi connectivity index (χ3n) is 2.64. The average Bonchev–Trinajstić information content (AvgIpc) is 2.74. The van der Waals surface area contributed by atoms with E-state index in [1.54, 1.807) is 6.92 Å². The van der Waals surface area contributed by atoms with E-state index in [0.29, 0.717) is 5.03 Å². The predicted molar refractivity (Wildman–Crippen MR) is 75.9 cm³/mol. The lowest BCUT2D eigenvalue weighted by atomic mass is 10.2. The molecule has 0 saturated carbocycles. The number of aryl methyl sites for hydroxylation is 1. The number of anilines is 1. The topological polar surface area (TPSA) is 55.4 Å². The number of esters is 1. The predicted octanol–water partition coefficient (Wildman–Crippen LogP) is 2.50. The first-order chi connectivity index (χ1) is 9.11. The van der Waals surface area contributed by atoms with E-state index in [4.69, 9.17) is 4.74 Å². The van der Waals surface area contributed by atoms with Gasteiger partial charge >= 0.3 is 5.97 Å². The molecule has 1 aromatic carbocycles. The van der Waals surface area contributed by atoms with Crippen LogP contribution < -0.4 is 5.32 Å². The molecule has 19 heavy (non-hydrogen) atoms. The van der Waals surface area contributed by atoms with Gasteiger partial charge in [0.25, 0.3) is 0 Å². The largest absolute Gasteiger partial charge is 0.462 e. The van der Waals surface area contributed by atoms with Gasteiger partial charge in [0.15, 0.2) is 5.78 Å². The molecule has 2 rings (SSSR count). The molecule has 0 bridgehead atoms. The van der Waals surface area contributed by atoms with Crippen LogP contribution in [0.5, 0.6) is 0 Å². The summed E-state index contributed by atoms with van der Waals surface area (Å²) >= 11 is 1.33. The van der Waals surface area contributed by atoms with Crippen molar-refractivity contribution in [3.63, 3.8) is 0 Å². The molecule has 0 aliphatic carbocycles. The molecule has 1 heterocycles. The zero-order chi connectivity index (χ0) is 13.8. The Labute approximate surface area is 116 Å². The van der Waals surface area contributed by atoms with Gasteiger partial charge in [0.2, 0.25) is 0 Å². The second kappa shape index (κ2) is 5.93. The van der Waals surface area contributed by atoms with E-state index in [2.05, 4.69) is 5.32 Å². The van der Waals surface area contributed by atoms with Crippen LogP contribution in [-0.4, -0.2) is 24.1 Å². The molecule has 5 heteroatoms. The molecule has 1 aromatic rings. The molecule has 1 aliphatic rings. The van der Waals surface area contributed by atoms with Crippen LogP contribution in [0.1, 0.15) is 12.5 Å². The third-order valence-corrected chi connectivity index (χ3v) is 3.64. The van der Waals surface area contributed by atoms with Crippen molar-refractivity contribution >= 4 is 29.2 Å². The van der Waals surface area contributed by atoms with Crippen LogP contribution in [-0.2, 0) is 14.3 Å². The fourth-order valence-electron chi connectivity index (χ4n) is 1.69. The maximum absolute atomic E-state index is 11.8. The van der Waals surface area contributed by atoms with Crippen molar-refractivity contribution in [3.8, 4) is 0 Å². The summed E-state index contributed by atoms with van der Waals surface area (Å²) in [5, 5.41) is 3.69. The van der Waals surface area contributed by atoms with Gasteiger partial charge in [0.05, 0.1) is 17.4 Å². The summed E-state index contributed by atoms with van der Waals surface area (Å²) in [6, 6.07) is 7.76. The number of thioether (sulfide) groups is 1. The lowest BCUT2D eigenvalue weighted by Crippen LogP contribution is -2.16. The van der Waals surface area contributed by atoms with Gasteiger partial charge < -0.3 is 10.1 Å². The minimum atomic E-state index is -0.549. The second-order valence-corrected chi connectivity index (χ2v) is 5.11. The standard InChI is InChI=1S/C14H15NO3S/c1-3-18-14(17)12-11(16)8-19-13(12)15-10-6-4-9(2)5-7-10/h4-7,15H,3,8H2,1-2H3. The molecule has 0 amide bonds. The first-order valence-electron chi connectivity index (χ1n) is 6.03. The van der Waals surface area contributed by atoms with Gasteiger partial charge in [-0.1, -0.05) is 29.5 Å². The quantitative estimate of drug-likeness (QED) is 0.677. The molecule has 1 aliphatic heterocycles. The highest BCUT2D eigenvalue weighted by molar-refractivity contribution is 8.04. The van der Waals surface area contributed by atoms with E-state index in [9.17, 15) is 9.59 Å². The summed E-state index contributed by atoms with van der Waals surface area (Å²) in [7, 11) is 0. The van der Waals surface area contributed by atoms with Crippen molar-refractivity contribution < 1.29 is 14.3 Å². The molecule has 0 aromatic heterocycles. The maximum Gasteiger partial charge on any atom is 0.344 e. The molecular formula is C14H15NO3S. The maximum atomic E-state index is 11.8. The summed E-state index contributed by atoms with van der Waals surface area (Å²) in [6.45, 7) is 3.98. The summed E-state index contributed by atoms with van der Waals surface area (Å²) in [4.78, 5) is 23.5. The highest BCUT2D eigenvalue weighted by Crippen LogP contribution is 2.30. The molecule has 4 nitrogen and oxygen atoms in total. The number of nitrogens with one attached hydrogen (secondary N) is 1. The van der Waals surface area contributed by atoms with Gasteiger partial charge in [-0.25, -0.2) is 4.79 Å². The number of ketones is 1. The van der Waals surface area contributed by atoms with Crippen LogP contribution in [0.3, 0.4) is 0 Å². The van der Waals surface area contributed by atoms with Crippen molar-refractivity contribution in [1.29, 1.82) is 0 Å². The molecule has 0 unspecified atom stereocenters. The Balaban J connectivity index is 2.22. The number of hydrogen-bond donors (Lipinski definition) is 1. The van der Waals surface area contributed by atoms with E-state index in [0.717, 1.165) is 11.3 Å². The van der Waals surface area contributed by atoms with Crippen molar-refractivity contribution in [2.75, 3.05) is 17.7 Å². The number of carbonyl (C=O) groups excluding carboxylic acids is 2. The second-order valence-electron chi connectivity index (χ2n) is 4.13. The highest BCUT2D eigenvalue weighted by Gasteiger charge is 2.30. The number of ether oxygens (including phenoxy) is 1. The van der Waals surface area contributed by atoms with Crippen molar-refractivity contribution in [1.82, 2.24) is 0 Å². The molecule has 0 atom stereocenters. The minimum Gasteiger partial charge on any atom is -0.462 e. The molecule has 100 valence electrons. The molecule has 1 N–H and O–H groups in total. The number of carbonyl (C=O) groups is 2. The van der Waals surface area contributed by atoms with Gasteiger partial charge in [-0.05, 0) is 26.0 Å². The van der Waals surface area contributed by atoms with Crippen LogP contribution in [0, 0.1) is 6.92 Å². The SMILES string of the molecule is CCOC(=O)C1=C(Nc2ccc(C)cc2)SCC1=O. The Hall–Kier alpha value is -1.75. The highest BCUT2D eigenvalue weighted by atomic mass is 32.2. The van der Waals surface area contributed by atoms with Crippen molar-refractivity contribution in [2.24, 2.45) is 0 Å². The Morgan fingerprint density at radius 2 is 2.05 bits per heavy atom. The summed E-state index contributed by atoms with van der Waals surface area (Å²) in [6.07, 6.45) is 0. The zero-order valence-electron chi connectivity index (χ0n) is 10.9. The van der Waals surface area contributed by atoms with E-state index in [1.165, 1.54) is 11.8 Å². The Kier molecular flexibility index (Phi) is 4.27. The van der Waals surface area contributed by atoms with Gasteiger partial charge in [-0.15, -0.1) is 0 Å². The van der Waals surface area contributed by atoms with E-state index in [-0.39, 0.29) is 23.7 Å². The Morgan fingerprint density at radius 3 is 2.68 bits per heavy atom. The van der Waals surface area contributed by atoms with E-state index >= 15 is 0 Å². The molecule has 0 fully saturated rings. The van der Waals surface area contributed by atoms with E-state index < -0.39 is 5.97 Å². The van der Waals surface area contributed by atoms with Crippen molar-refractivity contribution in [2.45, 2.75) is 13.8 Å². The fourth-order valence-corrected chi connectivity index (χ4v) is 2.64. The third kappa shape index (κ3) is 3.17. The number of Topliss-reactive ketones (excluding diaryl/α,β-unsaturated/α-hetero) is 1. The summed E-state index contributed by atoms with van der Waals surface area (Å²) in [5.74, 6) is -0.451. The molecule has 0 radical (unpaired) electrons. The van der Waals surface area contributed by atoms with Crippen LogP contribution in [0.25, 0.3) is 0 Å². The summed E-state index contributed by atoms with van der Waals surface area (Å²) in [5.41, 5.74) is 2.14. The van der Waals surface area contributed by atoms with Crippen LogP contribution in [0.2, 0.25) is 0 Å². The molecule has 0 spiro atoms. The van der Waals surface area contributed by atoms with Gasteiger partial charge in [-0.2, -0.15) is 0 Å². The normalized spacial score (nSPS) is 14.7. The first-order valence-corrected chi connectivity index (χ1v) is 7.01. The number of benzene rings is 1. The van der Waals surface area contributed by atoms with Crippen molar-refractivity contribution in [3.05, 3.63) is 40.4 Å². The first kappa shape index (κ1) is 13.7. The number of rotatable bonds is 4.